The van der Waals surface area contributed by atoms with E-state index in [1.165, 1.54) is 0 Å². The Morgan fingerprint density at radius 1 is 1.44 bits per heavy atom. The maximum Gasteiger partial charge on any atom is 0.310 e. The van der Waals surface area contributed by atoms with Crippen LogP contribution in [0.1, 0.15) is 32.6 Å². The van der Waals surface area contributed by atoms with Crippen LogP contribution in [0.25, 0.3) is 11.2 Å². The maximum atomic E-state index is 11.4. The molecule has 0 aliphatic rings. The molecule has 0 bridgehead atoms. The van der Waals surface area contributed by atoms with Crippen LogP contribution in [-0.4, -0.2) is 21.0 Å². The number of hydrogen-bond acceptors (Lipinski definition) is 4. The molecule has 0 radical (unpaired) electrons. The Kier molecular flexibility index (Phi) is 3.32. The van der Waals surface area contributed by atoms with Gasteiger partial charge in [0, 0.05) is 12.6 Å². The van der Waals surface area contributed by atoms with Gasteiger partial charge in [0.2, 0.25) is 0 Å². The normalized spacial score (nSPS) is 11.9. The second kappa shape index (κ2) is 4.76. The highest BCUT2D eigenvalue weighted by Gasteiger charge is 2.36. The van der Waals surface area contributed by atoms with E-state index >= 15 is 0 Å². The molecule has 18 heavy (non-hydrogen) atoms. The average Bonchev–Trinajstić information content (AvgIpc) is 2.77. The van der Waals surface area contributed by atoms with Crippen LogP contribution in [0.15, 0.2) is 22.7 Å². The van der Waals surface area contributed by atoms with Crippen molar-refractivity contribution in [3.05, 3.63) is 24.2 Å². The summed E-state index contributed by atoms with van der Waals surface area (Å²) < 4.78 is 5.54. The maximum absolute atomic E-state index is 11.4. The lowest BCUT2D eigenvalue weighted by atomic mass is 9.79. The van der Waals surface area contributed by atoms with E-state index < -0.39 is 11.4 Å². The van der Waals surface area contributed by atoms with Gasteiger partial charge in [-0.25, -0.2) is 4.98 Å². The number of pyridine rings is 1. The monoisotopic (exact) mass is 248 g/mol. The minimum atomic E-state index is -0.805. The van der Waals surface area contributed by atoms with Crippen molar-refractivity contribution < 1.29 is 14.3 Å². The zero-order valence-electron chi connectivity index (χ0n) is 10.5. The molecule has 0 aromatic carbocycles. The predicted molar refractivity (Wildman–Crippen MR) is 66.2 cm³/mol. The van der Waals surface area contributed by atoms with Gasteiger partial charge < -0.3 is 9.52 Å². The first-order valence-corrected chi connectivity index (χ1v) is 6.05. The van der Waals surface area contributed by atoms with Gasteiger partial charge in [-0.05, 0) is 25.0 Å². The molecule has 5 heteroatoms. The van der Waals surface area contributed by atoms with Crippen LogP contribution in [-0.2, 0) is 11.2 Å². The van der Waals surface area contributed by atoms with E-state index in [1.54, 1.807) is 18.3 Å². The zero-order chi connectivity index (χ0) is 13.2. The van der Waals surface area contributed by atoms with Gasteiger partial charge in [0.15, 0.2) is 17.1 Å². The van der Waals surface area contributed by atoms with Crippen LogP contribution in [0.2, 0.25) is 0 Å². The SMILES string of the molecule is CCC(CC)(Cc1nc2ncccc2o1)C(=O)O. The number of nitrogens with zero attached hydrogens (tertiary/aromatic N) is 2. The third kappa shape index (κ3) is 2.08. The van der Waals surface area contributed by atoms with Crippen LogP contribution in [0.4, 0.5) is 0 Å². The Hall–Kier alpha value is -1.91. The lowest BCUT2D eigenvalue weighted by molar-refractivity contribution is -0.149. The number of fused-ring (bicyclic) bond motifs is 1. The van der Waals surface area contributed by atoms with Crippen LogP contribution < -0.4 is 0 Å². The van der Waals surface area contributed by atoms with Gasteiger partial charge in [-0.3, -0.25) is 4.79 Å². The summed E-state index contributed by atoms with van der Waals surface area (Å²) >= 11 is 0. The molecule has 0 unspecified atom stereocenters. The molecular formula is C13H16N2O3. The van der Waals surface area contributed by atoms with Gasteiger partial charge in [0.1, 0.15) is 0 Å². The highest BCUT2D eigenvalue weighted by Crippen LogP contribution is 2.31. The molecule has 0 aliphatic heterocycles. The summed E-state index contributed by atoms with van der Waals surface area (Å²) in [6, 6.07) is 3.54. The number of rotatable bonds is 5. The summed E-state index contributed by atoms with van der Waals surface area (Å²) in [5.41, 5.74) is 0.318. The number of carbonyl (C=O) groups is 1. The first-order valence-electron chi connectivity index (χ1n) is 6.05. The average molecular weight is 248 g/mol. The zero-order valence-corrected chi connectivity index (χ0v) is 10.5. The molecule has 0 amide bonds. The second-order valence-electron chi connectivity index (χ2n) is 4.40. The Bertz CT molecular complexity index is 525. The van der Waals surface area contributed by atoms with Crippen LogP contribution in [0, 0.1) is 5.41 Å². The number of oxazole rings is 1. The van der Waals surface area contributed by atoms with E-state index in [-0.39, 0.29) is 0 Å². The van der Waals surface area contributed by atoms with Crippen molar-refractivity contribution in [1.29, 1.82) is 0 Å². The van der Waals surface area contributed by atoms with Crippen molar-refractivity contribution in [1.82, 2.24) is 9.97 Å². The molecule has 5 nitrogen and oxygen atoms in total. The lowest BCUT2D eigenvalue weighted by Crippen LogP contribution is -2.32. The minimum Gasteiger partial charge on any atom is -0.481 e. The van der Waals surface area contributed by atoms with Crippen molar-refractivity contribution in [2.45, 2.75) is 33.1 Å². The fourth-order valence-electron chi connectivity index (χ4n) is 2.06. The molecule has 0 spiro atoms. The number of hydrogen-bond donors (Lipinski definition) is 1. The minimum absolute atomic E-state index is 0.297. The summed E-state index contributed by atoms with van der Waals surface area (Å²) in [5, 5.41) is 9.37. The third-order valence-corrected chi connectivity index (χ3v) is 3.51. The van der Waals surface area contributed by atoms with Crippen molar-refractivity contribution in [2.24, 2.45) is 5.41 Å². The first kappa shape index (κ1) is 12.5. The highest BCUT2D eigenvalue weighted by atomic mass is 16.4. The predicted octanol–water partition coefficient (Wildman–Crippen LogP) is 2.66. The molecule has 2 aromatic rings. The molecule has 2 rings (SSSR count). The molecule has 0 saturated carbocycles. The van der Waals surface area contributed by atoms with Gasteiger partial charge in [-0.2, -0.15) is 4.98 Å². The van der Waals surface area contributed by atoms with E-state index in [1.807, 2.05) is 13.8 Å². The van der Waals surface area contributed by atoms with E-state index in [4.69, 9.17) is 4.42 Å². The summed E-state index contributed by atoms with van der Waals surface area (Å²) in [4.78, 5) is 19.7. The van der Waals surface area contributed by atoms with Gasteiger partial charge in [0.05, 0.1) is 5.41 Å². The van der Waals surface area contributed by atoms with E-state index in [0.29, 0.717) is 36.4 Å². The Morgan fingerprint density at radius 2 is 2.17 bits per heavy atom. The fraction of sp³-hybridized carbons (Fsp3) is 0.462. The molecule has 0 fully saturated rings. The second-order valence-corrected chi connectivity index (χ2v) is 4.40. The smallest absolute Gasteiger partial charge is 0.310 e. The molecule has 96 valence electrons. The molecular weight excluding hydrogens is 232 g/mol. The number of carboxylic acid groups (broad SMARTS) is 1. The molecule has 0 aliphatic carbocycles. The summed E-state index contributed by atoms with van der Waals surface area (Å²) in [6.07, 6.45) is 3.03. The lowest BCUT2D eigenvalue weighted by Gasteiger charge is -2.24. The number of aliphatic carboxylic acids is 1. The third-order valence-electron chi connectivity index (χ3n) is 3.51. The topological polar surface area (TPSA) is 76.2 Å². The fourth-order valence-corrected chi connectivity index (χ4v) is 2.06. The molecule has 0 atom stereocenters. The van der Waals surface area contributed by atoms with E-state index in [9.17, 15) is 9.90 Å². The van der Waals surface area contributed by atoms with Crippen LogP contribution >= 0.6 is 0 Å². The first-order chi connectivity index (χ1) is 8.61. The van der Waals surface area contributed by atoms with Crippen molar-refractivity contribution in [2.75, 3.05) is 0 Å². The quantitative estimate of drug-likeness (QED) is 0.880. The van der Waals surface area contributed by atoms with Crippen molar-refractivity contribution in [3.8, 4) is 0 Å². The van der Waals surface area contributed by atoms with Gasteiger partial charge >= 0.3 is 5.97 Å². The Morgan fingerprint density at radius 3 is 2.72 bits per heavy atom. The highest BCUT2D eigenvalue weighted by molar-refractivity contribution is 5.75. The van der Waals surface area contributed by atoms with Gasteiger partial charge in [-0.15, -0.1) is 0 Å². The number of carboxylic acids is 1. The van der Waals surface area contributed by atoms with Crippen LogP contribution in [0.3, 0.4) is 0 Å². The Balaban J connectivity index is 2.34. The van der Waals surface area contributed by atoms with Gasteiger partial charge in [0.25, 0.3) is 0 Å². The van der Waals surface area contributed by atoms with Gasteiger partial charge in [-0.1, -0.05) is 13.8 Å². The van der Waals surface area contributed by atoms with E-state index in [2.05, 4.69) is 9.97 Å². The largest absolute Gasteiger partial charge is 0.481 e. The van der Waals surface area contributed by atoms with Crippen LogP contribution in [0.5, 0.6) is 0 Å². The molecule has 2 heterocycles. The molecule has 1 N–H and O–H groups in total. The summed E-state index contributed by atoms with van der Waals surface area (Å²) in [7, 11) is 0. The standard InChI is InChI=1S/C13H16N2O3/c1-3-13(4-2,12(16)17)8-10-15-11-9(18-10)6-5-7-14-11/h5-7H,3-4,8H2,1-2H3,(H,16,17). The van der Waals surface area contributed by atoms with Crippen molar-refractivity contribution in [3.63, 3.8) is 0 Å². The van der Waals surface area contributed by atoms with E-state index in [0.717, 1.165) is 0 Å². The summed E-state index contributed by atoms with van der Waals surface area (Å²) in [6.45, 7) is 3.75. The Labute approximate surface area is 105 Å². The number of aromatic nitrogens is 2. The molecule has 0 saturated heterocycles. The molecule has 2 aromatic heterocycles. The van der Waals surface area contributed by atoms with Crippen molar-refractivity contribution >= 4 is 17.2 Å². The summed E-state index contributed by atoms with van der Waals surface area (Å²) in [5.74, 6) is -0.363.